The van der Waals surface area contributed by atoms with Gasteiger partial charge in [0.15, 0.2) is 0 Å². The van der Waals surface area contributed by atoms with Gasteiger partial charge in [0.1, 0.15) is 12.2 Å². The van der Waals surface area contributed by atoms with Crippen molar-refractivity contribution in [3.05, 3.63) is 0 Å². The van der Waals surface area contributed by atoms with Crippen molar-refractivity contribution in [1.29, 1.82) is 0 Å². The van der Waals surface area contributed by atoms with E-state index in [1.807, 2.05) is 6.92 Å². The molecule has 7 nitrogen and oxygen atoms in total. The van der Waals surface area contributed by atoms with Crippen LogP contribution in [0.2, 0.25) is 0 Å². The Bertz CT molecular complexity index is 916. The Morgan fingerprint density at radius 3 is 2.50 bits per heavy atom. The van der Waals surface area contributed by atoms with Crippen molar-refractivity contribution in [1.82, 2.24) is 0 Å². The molecule has 5 fully saturated rings. The Labute approximate surface area is 242 Å². The average Bonchev–Trinajstić information content (AvgIpc) is 3.38. The minimum Gasteiger partial charge on any atom is -0.393 e. The van der Waals surface area contributed by atoms with Crippen LogP contribution in [0.25, 0.3) is 0 Å². The summed E-state index contributed by atoms with van der Waals surface area (Å²) < 4.78 is 29.3. The summed E-state index contributed by atoms with van der Waals surface area (Å²) in [5.41, 5.74) is 0.803. The van der Waals surface area contributed by atoms with Gasteiger partial charge in [0, 0.05) is 0 Å². The fourth-order valence-corrected chi connectivity index (χ4v) is 11.7. The van der Waals surface area contributed by atoms with E-state index in [0.717, 1.165) is 49.9 Å². The second kappa shape index (κ2) is 12.2. The van der Waals surface area contributed by atoms with Gasteiger partial charge in [-0.2, -0.15) is 0 Å². The van der Waals surface area contributed by atoms with E-state index in [2.05, 4.69) is 20.8 Å². The van der Waals surface area contributed by atoms with Crippen molar-refractivity contribution < 1.29 is 33.5 Å². The van der Waals surface area contributed by atoms with E-state index in [1.165, 1.54) is 44.9 Å². The van der Waals surface area contributed by atoms with Gasteiger partial charge in [-0.05, 0) is 130 Å². The molecule has 40 heavy (non-hydrogen) atoms. The lowest BCUT2D eigenvalue weighted by Crippen LogP contribution is -2.54. The van der Waals surface area contributed by atoms with Crippen molar-refractivity contribution in [3.63, 3.8) is 0 Å². The highest BCUT2D eigenvalue weighted by Crippen LogP contribution is 2.68. The van der Waals surface area contributed by atoms with Crippen molar-refractivity contribution in [2.75, 3.05) is 6.61 Å². The Morgan fingerprint density at radius 2 is 1.75 bits per heavy atom. The van der Waals surface area contributed by atoms with Crippen molar-refractivity contribution >= 4 is 7.82 Å². The second-order valence-corrected chi connectivity index (χ2v) is 16.4. The van der Waals surface area contributed by atoms with E-state index >= 15 is 0 Å². The molecule has 4 aliphatic carbocycles. The average molecular weight is 585 g/mol. The lowest BCUT2D eigenvalue weighted by Gasteiger charge is -2.61. The number of aliphatic hydroxyl groups excluding tert-OH is 2. The quantitative estimate of drug-likeness (QED) is 0.190. The molecule has 3 unspecified atom stereocenters. The molecule has 0 amide bonds. The zero-order valence-corrected chi connectivity index (χ0v) is 26.6. The maximum Gasteiger partial charge on any atom is 0.472 e. The predicted octanol–water partition coefficient (Wildman–Crippen LogP) is 6.87. The molecule has 5 rings (SSSR count). The van der Waals surface area contributed by atoms with Gasteiger partial charge in [0.2, 0.25) is 0 Å². The molecular formula is C32H57O7P. The third kappa shape index (κ3) is 5.88. The third-order valence-corrected chi connectivity index (χ3v) is 13.9. The Hall–Kier alpha value is -0.0100. The molecule has 0 aromatic carbocycles. The number of aliphatic hydroxyl groups is 2. The SMILES string of the molecule is CCCC1O[C@@H](C)[C@H](O)[C@@H]1O[P@](=O)(O)OCCCC(C)[C@H]1CC[C@H]2[C@@H]3CCC4C[C@H](O)CC[C@]4(C)[C@H]3CC[C@]12C. The standard InChI is InChI=1S/C32H57O7P/c1-6-8-28-30(29(34)21(3)38-28)39-40(35,36)37-18-7-9-20(2)25-12-13-26-24-11-10-22-19-23(33)14-16-31(22,4)27(24)15-17-32(25,26)5/h20-30,33-34H,6-19H2,1-5H3,(H,35,36)/t20?,21-,22?,23+,24-,25+,26-,27-,28?,29-,30+,31-,32+/m0/s1. The molecule has 1 saturated heterocycles. The number of fused-ring (bicyclic) bond motifs is 5. The van der Waals surface area contributed by atoms with Crippen LogP contribution in [-0.4, -0.2) is 52.2 Å². The van der Waals surface area contributed by atoms with Gasteiger partial charge >= 0.3 is 7.82 Å². The van der Waals surface area contributed by atoms with Gasteiger partial charge in [-0.15, -0.1) is 0 Å². The summed E-state index contributed by atoms with van der Waals surface area (Å²) in [6, 6.07) is 0. The van der Waals surface area contributed by atoms with Crippen LogP contribution in [0.1, 0.15) is 118 Å². The molecule has 0 aromatic rings. The van der Waals surface area contributed by atoms with Crippen molar-refractivity contribution in [3.8, 4) is 0 Å². The maximum absolute atomic E-state index is 12.7. The molecule has 0 radical (unpaired) electrons. The van der Waals surface area contributed by atoms with Gasteiger partial charge in [-0.25, -0.2) is 4.57 Å². The number of rotatable bonds is 10. The van der Waals surface area contributed by atoms with Crippen LogP contribution < -0.4 is 0 Å². The van der Waals surface area contributed by atoms with Gasteiger partial charge < -0.3 is 19.8 Å². The number of phosphoric ester groups is 1. The fraction of sp³-hybridized carbons (Fsp3) is 1.00. The van der Waals surface area contributed by atoms with E-state index in [1.54, 1.807) is 6.92 Å². The molecule has 8 heteroatoms. The first-order valence-electron chi connectivity index (χ1n) is 16.6. The summed E-state index contributed by atoms with van der Waals surface area (Å²) in [7, 11) is -4.28. The van der Waals surface area contributed by atoms with Crippen LogP contribution in [0.3, 0.4) is 0 Å². The summed E-state index contributed by atoms with van der Waals surface area (Å²) in [6.45, 7) is 11.5. The Kier molecular flexibility index (Phi) is 9.56. The molecule has 232 valence electrons. The minimum absolute atomic E-state index is 0.0829. The van der Waals surface area contributed by atoms with E-state index < -0.39 is 32.2 Å². The first-order chi connectivity index (χ1) is 18.9. The minimum atomic E-state index is -4.28. The van der Waals surface area contributed by atoms with Gasteiger partial charge in [0.05, 0.1) is 24.9 Å². The van der Waals surface area contributed by atoms with Gasteiger partial charge in [-0.1, -0.05) is 34.1 Å². The predicted molar refractivity (Wildman–Crippen MR) is 156 cm³/mol. The molecule has 0 bridgehead atoms. The van der Waals surface area contributed by atoms with E-state index in [-0.39, 0.29) is 12.7 Å². The Balaban J connectivity index is 1.12. The monoisotopic (exact) mass is 584 g/mol. The fourth-order valence-electron chi connectivity index (χ4n) is 10.7. The van der Waals surface area contributed by atoms with Crippen molar-refractivity contribution in [2.24, 2.45) is 46.3 Å². The number of ether oxygens (including phenoxy) is 1. The largest absolute Gasteiger partial charge is 0.472 e. The van der Waals surface area contributed by atoms with E-state index in [4.69, 9.17) is 13.8 Å². The normalized spacial score (nSPS) is 49.1. The van der Waals surface area contributed by atoms with E-state index in [0.29, 0.717) is 35.0 Å². The molecule has 1 heterocycles. The summed E-state index contributed by atoms with van der Waals surface area (Å²) in [5, 5.41) is 20.7. The maximum atomic E-state index is 12.7. The number of hydrogen-bond acceptors (Lipinski definition) is 6. The molecule has 0 spiro atoms. The van der Waals surface area contributed by atoms with Gasteiger partial charge in [-0.3, -0.25) is 9.05 Å². The molecular weight excluding hydrogens is 527 g/mol. The molecule has 14 atom stereocenters. The highest BCUT2D eigenvalue weighted by atomic mass is 31.2. The summed E-state index contributed by atoms with van der Waals surface area (Å²) >= 11 is 0. The summed E-state index contributed by atoms with van der Waals surface area (Å²) in [5.74, 6) is 4.41. The van der Waals surface area contributed by atoms with E-state index in [9.17, 15) is 19.7 Å². The van der Waals surface area contributed by atoms with Crippen LogP contribution in [0, 0.1) is 46.3 Å². The highest BCUT2D eigenvalue weighted by molar-refractivity contribution is 7.47. The zero-order chi connectivity index (χ0) is 28.9. The second-order valence-electron chi connectivity index (χ2n) is 15.0. The molecule has 0 aromatic heterocycles. The third-order valence-electron chi connectivity index (χ3n) is 12.9. The van der Waals surface area contributed by atoms with Gasteiger partial charge in [0.25, 0.3) is 0 Å². The molecule has 3 N–H and O–H groups in total. The highest BCUT2D eigenvalue weighted by Gasteiger charge is 2.60. The van der Waals surface area contributed by atoms with Crippen LogP contribution in [-0.2, 0) is 18.3 Å². The van der Waals surface area contributed by atoms with Crippen molar-refractivity contribution in [2.45, 2.75) is 149 Å². The molecule has 5 aliphatic rings. The van der Waals surface area contributed by atoms with Crippen LogP contribution in [0.15, 0.2) is 0 Å². The first kappa shape index (κ1) is 31.4. The summed E-state index contributed by atoms with van der Waals surface area (Å²) in [6.07, 6.45) is 11.7. The lowest BCUT2D eigenvalue weighted by atomic mass is 9.44. The number of hydrogen-bond donors (Lipinski definition) is 3. The topological polar surface area (TPSA) is 105 Å². The van der Waals surface area contributed by atoms with Crippen LogP contribution in [0.5, 0.6) is 0 Å². The number of phosphoric acid groups is 1. The first-order valence-corrected chi connectivity index (χ1v) is 18.1. The zero-order valence-electron chi connectivity index (χ0n) is 25.7. The molecule has 1 aliphatic heterocycles. The Morgan fingerprint density at radius 1 is 1.02 bits per heavy atom. The lowest BCUT2D eigenvalue weighted by molar-refractivity contribution is -0.129. The smallest absolute Gasteiger partial charge is 0.393 e. The summed E-state index contributed by atoms with van der Waals surface area (Å²) in [4.78, 5) is 10.4. The van der Waals surface area contributed by atoms with Crippen LogP contribution in [0.4, 0.5) is 0 Å². The molecule has 4 saturated carbocycles. The van der Waals surface area contributed by atoms with Crippen LogP contribution >= 0.6 is 7.82 Å².